The maximum absolute atomic E-state index is 11.9. The number of carbonyl (C=O) groups excluding carboxylic acids is 1. The first-order valence-corrected chi connectivity index (χ1v) is 7.22. The van der Waals surface area contributed by atoms with Crippen molar-refractivity contribution in [3.8, 4) is 5.82 Å². The van der Waals surface area contributed by atoms with Gasteiger partial charge in [-0.3, -0.25) is 4.79 Å². The van der Waals surface area contributed by atoms with Crippen LogP contribution in [0.2, 0.25) is 0 Å². The summed E-state index contributed by atoms with van der Waals surface area (Å²) in [6.45, 7) is 1.06. The monoisotopic (exact) mass is 308 g/mol. The van der Waals surface area contributed by atoms with Crippen molar-refractivity contribution in [3.05, 3.63) is 66.7 Å². The topological polar surface area (TPSA) is 84.7 Å². The summed E-state index contributed by atoms with van der Waals surface area (Å²) in [7, 11) is 0. The number of amides is 1. The molecule has 2 aromatic heterocycles. The van der Waals surface area contributed by atoms with Gasteiger partial charge >= 0.3 is 0 Å². The van der Waals surface area contributed by atoms with E-state index in [0.717, 1.165) is 0 Å². The number of nitrogens with one attached hydrogen (secondary N) is 2. The van der Waals surface area contributed by atoms with E-state index in [1.807, 2.05) is 30.5 Å². The zero-order valence-corrected chi connectivity index (χ0v) is 12.4. The molecule has 0 spiro atoms. The highest BCUT2D eigenvalue weighted by Gasteiger charge is 2.04. The van der Waals surface area contributed by atoms with Crippen LogP contribution in [0.25, 0.3) is 5.82 Å². The summed E-state index contributed by atoms with van der Waals surface area (Å²) in [4.78, 5) is 20.2. The first-order valence-electron chi connectivity index (χ1n) is 7.22. The molecule has 23 heavy (non-hydrogen) atoms. The van der Waals surface area contributed by atoms with Gasteiger partial charge in [0.2, 0.25) is 0 Å². The third-order valence-corrected chi connectivity index (χ3v) is 3.14. The molecule has 0 aliphatic rings. The summed E-state index contributed by atoms with van der Waals surface area (Å²) in [6, 6.07) is 12.7. The van der Waals surface area contributed by atoms with Crippen LogP contribution in [0.3, 0.4) is 0 Å². The van der Waals surface area contributed by atoms with Gasteiger partial charge in [0.1, 0.15) is 12.1 Å². The lowest BCUT2D eigenvalue weighted by Gasteiger charge is -2.08. The lowest BCUT2D eigenvalue weighted by atomic mass is 10.2. The highest BCUT2D eigenvalue weighted by atomic mass is 16.1. The number of aromatic nitrogens is 4. The second kappa shape index (κ2) is 7.17. The Morgan fingerprint density at radius 1 is 1.09 bits per heavy atom. The number of rotatable bonds is 6. The minimum atomic E-state index is -0.0904. The predicted octanol–water partition coefficient (Wildman–Crippen LogP) is 1.50. The van der Waals surface area contributed by atoms with Crippen LogP contribution in [0.15, 0.2) is 61.2 Å². The maximum atomic E-state index is 11.9. The lowest BCUT2D eigenvalue weighted by molar-refractivity contribution is 0.0955. The van der Waals surface area contributed by atoms with Crippen molar-refractivity contribution in [1.82, 2.24) is 25.1 Å². The standard InChI is InChI=1S/C16H16N6O/c23-16(13-5-2-1-3-6-13)18-9-8-17-14-11-15(20-12-19-14)22-10-4-7-21-22/h1-7,10-12H,8-9H2,(H,18,23)(H,17,19,20). The Kier molecular flexibility index (Phi) is 4.58. The van der Waals surface area contributed by atoms with Crippen molar-refractivity contribution in [3.63, 3.8) is 0 Å². The van der Waals surface area contributed by atoms with E-state index in [0.29, 0.717) is 30.3 Å². The van der Waals surface area contributed by atoms with E-state index in [1.165, 1.54) is 6.33 Å². The number of hydrogen-bond donors (Lipinski definition) is 2. The first-order chi connectivity index (χ1) is 11.3. The van der Waals surface area contributed by atoms with Gasteiger partial charge in [0.15, 0.2) is 5.82 Å². The minimum Gasteiger partial charge on any atom is -0.368 e. The zero-order valence-electron chi connectivity index (χ0n) is 12.4. The van der Waals surface area contributed by atoms with Crippen molar-refractivity contribution < 1.29 is 4.79 Å². The molecule has 3 aromatic rings. The average Bonchev–Trinajstić information content (AvgIpc) is 3.14. The highest BCUT2D eigenvalue weighted by molar-refractivity contribution is 5.94. The van der Waals surface area contributed by atoms with E-state index in [2.05, 4.69) is 25.7 Å². The molecule has 0 saturated heterocycles. The lowest BCUT2D eigenvalue weighted by Crippen LogP contribution is -2.28. The normalized spacial score (nSPS) is 10.3. The second-order valence-electron chi connectivity index (χ2n) is 4.76. The first kappa shape index (κ1) is 14.7. The summed E-state index contributed by atoms with van der Waals surface area (Å²) in [5.41, 5.74) is 0.649. The maximum Gasteiger partial charge on any atom is 0.251 e. The molecule has 2 N–H and O–H groups in total. The SMILES string of the molecule is O=C(NCCNc1cc(-n2cccn2)ncn1)c1ccccc1. The van der Waals surface area contributed by atoms with E-state index in [1.54, 1.807) is 29.1 Å². The summed E-state index contributed by atoms with van der Waals surface area (Å²) in [5.74, 6) is 1.27. The molecule has 0 fully saturated rings. The molecule has 7 nitrogen and oxygen atoms in total. The predicted molar refractivity (Wildman–Crippen MR) is 86.4 cm³/mol. The molecule has 0 aliphatic heterocycles. The minimum absolute atomic E-state index is 0.0904. The quantitative estimate of drug-likeness (QED) is 0.674. The number of nitrogens with zero attached hydrogens (tertiary/aromatic N) is 4. The molecule has 0 bridgehead atoms. The van der Waals surface area contributed by atoms with Crippen LogP contribution in [-0.4, -0.2) is 38.7 Å². The number of hydrogen-bond acceptors (Lipinski definition) is 5. The van der Waals surface area contributed by atoms with Crippen LogP contribution < -0.4 is 10.6 Å². The number of carbonyl (C=O) groups is 1. The second-order valence-corrected chi connectivity index (χ2v) is 4.76. The molecular weight excluding hydrogens is 292 g/mol. The Bertz CT molecular complexity index is 757. The molecule has 116 valence electrons. The van der Waals surface area contributed by atoms with E-state index in [4.69, 9.17) is 0 Å². The van der Waals surface area contributed by atoms with Crippen LogP contribution in [-0.2, 0) is 0 Å². The number of anilines is 1. The van der Waals surface area contributed by atoms with Gasteiger partial charge in [0.25, 0.3) is 5.91 Å². The van der Waals surface area contributed by atoms with E-state index in [9.17, 15) is 4.79 Å². The molecule has 1 amide bonds. The van der Waals surface area contributed by atoms with Crippen LogP contribution in [0.4, 0.5) is 5.82 Å². The van der Waals surface area contributed by atoms with Gasteiger partial charge in [0.05, 0.1) is 0 Å². The molecular formula is C16H16N6O. The molecule has 7 heteroatoms. The Labute approximate surface area is 133 Å². The van der Waals surface area contributed by atoms with Gasteiger partial charge in [-0.15, -0.1) is 0 Å². The largest absolute Gasteiger partial charge is 0.368 e. The molecule has 2 heterocycles. The molecule has 0 saturated carbocycles. The Hall–Kier alpha value is -3.22. The van der Waals surface area contributed by atoms with Gasteiger partial charge in [-0.25, -0.2) is 14.6 Å². The van der Waals surface area contributed by atoms with Crippen molar-refractivity contribution in [1.29, 1.82) is 0 Å². The van der Waals surface area contributed by atoms with Gasteiger partial charge < -0.3 is 10.6 Å². The summed E-state index contributed by atoms with van der Waals surface area (Å²) >= 11 is 0. The van der Waals surface area contributed by atoms with Crippen LogP contribution in [0.5, 0.6) is 0 Å². The van der Waals surface area contributed by atoms with Crippen LogP contribution in [0, 0.1) is 0 Å². The van der Waals surface area contributed by atoms with E-state index < -0.39 is 0 Å². The Balaban J connectivity index is 1.49. The Morgan fingerprint density at radius 2 is 1.96 bits per heavy atom. The van der Waals surface area contributed by atoms with Gasteiger partial charge in [-0.05, 0) is 18.2 Å². The van der Waals surface area contributed by atoms with Gasteiger partial charge in [0, 0.05) is 37.1 Å². The van der Waals surface area contributed by atoms with Crippen LogP contribution in [0.1, 0.15) is 10.4 Å². The van der Waals surface area contributed by atoms with Crippen molar-refractivity contribution in [2.24, 2.45) is 0 Å². The highest BCUT2D eigenvalue weighted by Crippen LogP contribution is 2.07. The third kappa shape index (κ3) is 3.91. The van der Waals surface area contributed by atoms with E-state index >= 15 is 0 Å². The van der Waals surface area contributed by atoms with E-state index in [-0.39, 0.29) is 5.91 Å². The summed E-state index contributed by atoms with van der Waals surface area (Å²) in [6.07, 6.45) is 4.97. The molecule has 1 aromatic carbocycles. The van der Waals surface area contributed by atoms with Gasteiger partial charge in [-0.1, -0.05) is 18.2 Å². The van der Waals surface area contributed by atoms with Crippen molar-refractivity contribution >= 4 is 11.7 Å². The zero-order chi connectivity index (χ0) is 15.9. The Morgan fingerprint density at radius 3 is 2.74 bits per heavy atom. The molecule has 0 radical (unpaired) electrons. The average molecular weight is 308 g/mol. The van der Waals surface area contributed by atoms with Crippen LogP contribution >= 0.6 is 0 Å². The van der Waals surface area contributed by atoms with Gasteiger partial charge in [-0.2, -0.15) is 5.10 Å². The fourth-order valence-electron chi connectivity index (χ4n) is 2.03. The van der Waals surface area contributed by atoms with Crippen molar-refractivity contribution in [2.75, 3.05) is 18.4 Å². The number of benzene rings is 1. The molecule has 0 unspecified atom stereocenters. The fourth-order valence-corrected chi connectivity index (χ4v) is 2.03. The molecule has 3 rings (SSSR count). The fraction of sp³-hybridized carbons (Fsp3) is 0.125. The smallest absolute Gasteiger partial charge is 0.251 e. The molecule has 0 aliphatic carbocycles. The third-order valence-electron chi connectivity index (χ3n) is 3.14. The summed E-state index contributed by atoms with van der Waals surface area (Å²) in [5, 5.41) is 10.1. The van der Waals surface area contributed by atoms with Crippen molar-refractivity contribution in [2.45, 2.75) is 0 Å². The summed E-state index contributed by atoms with van der Waals surface area (Å²) < 4.78 is 1.66. The molecule has 0 atom stereocenters.